The summed E-state index contributed by atoms with van der Waals surface area (Å²) >= 11 is 0. The lowest BCUT2D eigenvalue weighted by atomic mass is 10.1. The average molecular weight is 247 g/mol. The van der Waals surface area contributed by atoms with Crippen LogP contribution in [0.5, 0.6) is 0 Å². The van der Waals surface area contributed by atoms with Gasteiger partial charge in [-0.2, -0.15) is 0 Å². The summed E-state index contributed by atoms with van der Waals surface area (Å²) in [6.45, 7) is 2.91. The molecule has 0 spiro atoms. The number of nitrogens with zero attached hydrogens (tertiary/aromatic N) is 1. The Kier molecular flexibility index (Phi) is 3.84. The molecule has 0 aliphatic heterocycles. The molecule has 0 aromatic carbocycles. The molecule has 98 valence electrons. The summed E-state index contributed by atoms with van der Waals surface area (Å²) in [6.07, 6.45) is 6.38. The number of aromatic nitrogens is 1. The van der Waals surface area contributed by atoms with Crippen molar-refractivity contribution in [1.29, 1.82) is 5.41 Å². The maximum absolute atomic E-state index is 12.3. The van der Waals surface area contributed by atoms with Gasteiger partial charge in [-0.25, -0.2) is 0 Å². The van der Waals surface area contributed by atoms with Gasteiger partial charge < -0.3 is 10.3 Å². The molecule has 0 unspecified atom stereocenters. The van der Waals surface area contributed by atoms with Crippen molar-refractivity contribution in [3.8, 4) is 0 Å². The van der Waals surface area contributed by atoms with E-state index in [1.807, 2.05) is 10.6 Å². The molecule has 1 aromatic heterocycles. The SMILES string of the molecule is CCCCCn1c2c(cc(C(=N)N)c1=O)CCC2. The third-order valence-electron chi connectivity index (χ3n) is 3.63. The van der Waals surface area contributed by atoms with Gasteiger partial charge >= 0.3 is 0 Å². The summed E-state index contributed by atoms with van der Waals surface area (Å²) in [5, 5.41) is 7.51. The van der Waals surface area contributed by atoms with E-state index in [2.05, 4.69) is 6.92 Å². The van der Waals surface area contributed by atoms with Crippen LogP contribution in [0.15, 0.2) is 10.9 Å². The van der Waals surface area contributed by atoms with E-state index in [0.29, 0.717) is 5.56 Å². The van der Waals surface area contributed by atoms with Gasteiger partial charge in [-0.05, 0) is 37.3 Å². The van der Waals surface area contributed by atoms with E-state index in [-0.39, 0.29) is 11.4 Å². The van der Waals surface area contributed by atoms with Crippen LogP contribution in [0.3, 0.4) is 0 Å². The average Bonchev–Trinajstić information content (AvgIpc) is 2.79. The standard InChI is InChI=1S/C14H21N3O/c1-2-3-4-8-17-12-7-5-6-10(12)9-11(13(15)16)14(17)18/h9H,2-8H2,1H3,(H3,15,16). The Morgan fingerprint density at radius 3 is 2.89 bits per heavy atom. The third kappa shape index (κ3) is 2.33. The zero-order valence-corrected chi connectivity index (χ0v) is 11.0. The molecule has 1 aliphatic rings. The second-order valence-corrected chi connectivity index (χ2v) is 4.96. The van der Waals surface area contributed by atoms with Crippen LogP contribution < -0.4 is 11.3 Å². The lowest BCUT2D eigenvalue weighted by molar-refractivity contribution is 0.569. The Morgan fingerprint density at radius 1 is 1.44 bits per heavy atom. The fraction of sp³-hybridized carbons (Fsp3) is 0.571. The van der Waals surface area contributed by atoms with Crippen LogP contribution in [0, 0.1) is 5.41 Å². The Labute approximate surface area is 107 Å². The fourth-order valence-electron chi connectivity index (χ4n) is 2.67. The molecule has 4 heteroatoms. The number of pyridine rings is 1. The van der Waals surface area contributed by atoms with Crippen LogP contribution in [-0.2, 0) is 19.4 Å². The van der Waals surface area contributed by atoms with Crippen LogP contribution in [0.1, 0.15) is 49.4 Å². The summed E-state index contributed by atoms with van der Waals surface area (Å²) in [6, 6.07) is 1.82. The van der Waals surface area contributed by atoms with Crippen molar-refractivity contribution in [2.45, 2.75) is 52.0 Å². The van der Waals surface area contributed by atoms with Gasteiger partial charge in [0.25, 0.3) is 5.56 Å². The van der Waals surface area contributed by atoms with Gasteiger partial charge in [-0.3, -0.25) is 10.2 Å². The number of amidine groups is 1. The molecule has 0 saturated heterocycles. The molecular formula is C14H21N3O. The highest BCUT2D eigenvalue weighted by Crippen LogP contribution is 2.21. The van der Waals surface area contributed by atoms with Crippen molar-refractivity contribution < 1.29 is 0 Å². The highest BCUT2D eigenvalue weighted by atomic mass is 16.1. The summed E-state index contributed by atoms with van der Waals surface area (Å²) in [7, 11) is 0. The Balaban J connectivity index is 2.42. The molecule has 1 heterocycles. The molecule has 2 rings (SSSR count). The van der Waals surface area contributed by atoms with Gasteiger partial charge in [-0.15, -0.1) is 0 Å². The molecule has 0 atom stereocenters. The Morgan fingerprint density at radius 2 is 2.22 bits per heavy atom. The molecule has 0 saturated carbocycles. The first-order valence-corrected chi connectivity index (χ1v) is 6.75. The zero-order valence-electron chi connectivity index (χ0n) is 11.0. The first kappa shape index (κ1) is 12.9. The van der Waals surface area contributed by atoms with Crippen molar-refractivity contribution in [2.24, 2.45) is 5.73 Å². The number of unbranched alkanes of at least 4 members (excludes halogenated alkanes) is 2. The van der Waals surface area contributed by atoms with Crippen molar-refractivity contribution in [3.05, 3.63) is 33.2 Å². The molecule has 0 radical (unpaired) electrons. The van der Waals surface area contributed by atoms with E-state index in [0.717, 1.165) is 45.1 Å². The first-order valence-electron chi connectivity index (χ1n) is 6.75. The summed E-state index contributed by atoms with van der Waals surface area (Å²) in [4.78, 5) is 12.3. The van der Waals surface area contributed by atoms with Crippen molar-refractivity contribution in [2.75, 3.05) is 0 Å². The van der Waals surface area contributed by atoms with Gasteiger partial charge in [0.2, 0.25) is 0 Å². The largest absolute Gasteiger partial charge is 0.384 e. The molecule has 18 heavy (non-hydrogen) atoms. The molecule has 1 aliphatic carbocycles. The zero-order chi connectivity index (χ0) is 13.1. The van der Waals surface area contributed by atoms with Crippen molar-refractivity contribution >= 4 is 5.84 Å². The van der Waals surface area contributed by atoms with Crippen LogP contribution in [0.2, 0.25) is 0 Å². The smallest absolute Gasteiger partial charge is 0.261 e. The number of hydrogen-bond donors (Lipinski definition) is 2. The second kappa shape index (κ2) is 5.38. The molecule has 0 amide bonds. The van der Waals surface area contributed by atoms with Gasteiger partial charge in [0.05, 0.1) is 5.56 Å². The normalized spacial score (nSPS) is 13.6. The summed E-state index contributed by atoms with van der Waals surface area (Å²) < 4.78 is 1.86. The van der Waals surface area contributed by atoms with Crippen molar-refractivity contribution in [3.63, 3.8) is 0 Å². The van der Waals surface area contributed by atoms with Crippen molar-refractivity contribution in [1.82, 2.24) is 4.57 Å². The number of nitrogens with one attached hydrogen (secondary N) is 1. The predicted molar refractivity (Wildman–Crippen MR) is 73.3 cm³/mol. The van der Waals surface area contributed by atoms with E-state index in [4.69, 9.17) is 11.1 Å². The lowest BCUT2D eigenvalue weighted by Gasteiger charge is -2.14. The minimum atomic E-state index is -0.112. The van der Waals surface area contributed by atoms with E-state index >= 15 is 0 Å². The minimum absolute atomic E-state index is 0.0840. The van der Waals surface area contributed by atoms with Crippen LogP contribution in [-0.4, -0.2) is 10.4 Å². The maximum atomic E-state index is 12.3. The third-order valence-corrected chi connectivity index (χ3v) is 3.63. The van der Waals surface area contributed by atoms with Crippen LogP contribution in [0.4, 0.5) is 0 Å². The molecule has 0 fully saturated rings. The summed E-state index contributed by atoms with van der Waals surface area (Å²) in [5.41, 5.74) is 8.16. The molecule has 0 bridgehead atoms. The molecule has 1 aromatic rings. The van der Waals surface area contributed by atoms with Gasteiger partial charge in [0, 0.05) is 12.2 Å². The van der Waals surface area contributed by atoms with E-state index in [1.165, 1.54) is 11.3 Å². The highest BCUT2D eigenvalue weighted by Gasteiger charge is 2.19. The van der Waals surface area contributed by atoms with Gasteiger partial charge in [0.15, 0.2) is 0 Å². The van der Waals surface area contributed by atoms with Gasteiger partial charge in [0.1, 0.15) is 5.84 Å². The number of aryl methyl sites for hydroxylation is 1. The summed E-state index contributed by atoms with van der Waals surface area (Å²) in [5.74, 6) is -0.112. The first-order chi connectivity index (χ1) is 8.65. The lowest BCUT2D eigenvalue weighted by Crippen LogP contribution is -2.32. The maximum Gasteiger partial charge on any atom is 0.261 e. The fourth-order valence-corrected chi connectivity index (χ4v) is 2.67. The Bertz CT molecular complexity index is 517. The van der Waals surface area contributed by atoms with Crippen LogP contribution in [0.25, 0.3) is 0 Å². The monoisotopic (exact) mass is 247 g/mol. The molecular weight excluding hydrogens is 226 g/mol. The molecule has 4 nitrogen and oxygen atoms in total. The van der Waals surface area contributed by atoms with E-state index < -0.39 is 0 Å². The van der Waals surface area contributed by atoms with E-state index in [9.17, 15) is 4.79 Å². The second-order valence-electron chi connectivity index (χ2n) is 4.96. The van der Waals surface area contributed by atoms with E-state index in [1.54, 1.807) is 0 Å². The molecule has 3 N–H and O–H groups in total. The number of rotatable bonds is 5. The number of nitrogen functional groups attached to an aromatic ring is 1. The predicted octanol–water partition coefficient (Wildman–Crippen LogP) is 1.81. The van der Waals surface area contributed by atoms with Crippen LogP contribution >= 0.6 is 0 Å². The number of hydrogen-bond acceptors (Lipinski definition) is 2. The minimum Gasteiger partial charge on any atom is -0.384 e. The Hall–Kier alpha value is -1.58. The number of nitrogens with two attached hydrogens (primary N) is 1. The highest BCUT2D eigenvalue weighted by molar-refractivity contribution is 5.94. The topological polar surface area (TPSA) is 71.9 Å². The number of fused-ring (bicyclic) bond motifs is 1. The quantitative estimate of drug-likeness (QED) is 0.473. The van der Waals surface area contributed by atoms with Gasteiger partial charge in [-0.1, -0.05) is 19.8 Å².